The molecular formula is C26H34N6. The minimum Gasteiger partial charge on any atom is -0.354 e. The van der Waals surface area contributed by atoms with Gasteiger partial charge in [-0.3, -0.25) is 14.6 Å². The van der Waals surface area contributed by atoms with Crippen molar-refractivity contribution in [2.45, 2.75) is 51.5 Å². The average Bonchev–Trinajstić information content (AvgIpc) is 3.32. The summed E-state index contributed by atoms with van der Waals surface area (Å²) in [5.74, 6) is 0.871. The minimum absolute atomic E-state index is 0.439. The first kappa shape index (κ1) is 22.1. The number of aliphatic imine (C=N–C) groups is 1. The van der Waals surface area contributed by atoms with Gasteiger partial charge in [-0.1, -0.05) is 54.6 Å². The van der Waals surface area contributed by atoms with Gasteiger partial charge >= 0.3 is 0 Å². The van der Waals surface area contributed by atoms with Crippen molar-refractivity contribution in [3.8, 4) is 0 Å². The zero-order valence-corrected chi connectivity index (χ0v) is 19.1. The monoisotopic (exact) mass is 430 g/mol. The Morgan fingerprint density at radius 2 is 1.84 bits per heavy atom. The zero-order valence-electron chi connectivity index (χ0n) is 19.1. The van der Waals surface area contributed by atoms with E-state index in [-0.39, 0.29) is 0 Å². The predicted octanol–water partition coefficient (Wildman–Crippen LogP) is 3.65. The molecule has 1 aliphatic heterocycles. The zero-order chi connectivity index (χ0) is 22.2. The molecule has 0 spiro atoms. The molecule has 2 unspecified atom stereocenters. The highest BCUT2D eigenvalue weighted by Gasteiger charge is 2.25. The molecule has 0 bridgehead atoms. The number of hydrogen-bond donors (Lipinski definition) is 2. The summed E-state index contributed by atoms with van der Waals surface area (Å²) in [7, 11) is 1.84. The Balaban J connectivity index is 1.25. The lowest BCUT2D eigenvalue weighted by atomic mass is 9.97. The van der Waals surface area contributed by atoms with E-state index in [1.165, 1.54) is 16.7 Å². The number of aromatic nitrogens is 2. The van der Waals surface area contributed by atoms with Gasteiger partial charge in [0.1, 0.15) is 0 Å². The highest BCUT2D eigenvalue weighted by Crippen LogP contribution is 2.20. The highest BCUT2D eigenvalue weighted by atomic mass is 15.3. The number of nitrogens with zero attached hydrogens (tertiary/aromatic N) is 4. The molecule has 1 aromatic heterocycles. The quantitative estimate of drug-likeness (QED) is 0.444. The lowest BCUT2D eigenvalue weighted by Gasteiger charge is -2.38. The van der Waals surface area contributed by atoms with Crippen molar-refractivity contribution in [3.05, 3.63) is 89.7 Å². The fourth-order valence-corrected chi connectivity index (χ4v) is 4.40. The molecule has 0 aliphatic carbocycles. The van der Waals surface area contributed by atoms with Gasteiger partial charge in [0.05, 0.1) is 6.54 Å². The van der Waals surface area contributed by atoms with Gasteiger partial charge in [-0.2, -0.15) is 5.10 Å². The summed E-state index contributed by atoms with van der Waals surface area (Å²) in [6.45, 7) is 5.98. The van der Waals surface area contributed by atoms with Crippen LogP contribution in [0.1, 0.15) is 36.5 Å². The predicted molar refractivity (Wildman–Crippen MR) is 130 cm³/mol. The second-order valence-electron chi connectivity index (χ2n) is 8.62. The van der Waals surface area contributed by atoms with Gasteiger partial charge < -0.3 is 10.6 Å². The Hall–Kier alpha value is -3.12. The average molecular weight is 431 g/mol. The molecule has 168 valence electrons. The third kappa shape index (κ3) is 6.20. The molecule has 3 aromatic rings. The smallest absolute Gasteiger partial charge is 0.191 e. The lowest BCUT2D eigenvalue weighted by Crippen LogP contribution is -2.51. The summed E-state index contributed by atoms with van der Waals surface area (Å²) < 4.78 is 1.94. The van der Waals surface area contributed by atoms with Crippen LogP contribution in [0.4, 0.5) is 0 Å². The number of rotatable bonds is 7. The molecule has 4 rings (SSSR count). The van der Waals surface area contributed by atoms with Crippen LogP contribution in [0.15, 0.2) is 78.0 Å². The van der Waals surface area contributed by atoms with E-state index < -0.39 is 0 Å². The van der Waals surface area contributed by atoms with Crippen molar-refractivity contribution >= 4 is 5.96 Å². The fourth-order valence-electron chi connectivity index (χ4n) is 4.40. The summed E-state index contributed by atoms with van der Waals surface area (Å²) in [6, 6.07) is 22.3. The van der Waals surface area contributed by atoms with Gasteiger partial charge in [0.2, 0.25) is 0 Å². The van der Waals surface area contributed by atoms with Crippen LogP contribution in [0, 0.1) is 0 Å². The molecule has 0 saturated carbocycles. The van der Waals surface area contributed by atoms with Crippen molar-refractivity contribution in [1.29, 1.82) is 0 Å². The van der Waals surface area contributed by atoms with Crippen molar-refractivity contribution in [2.24, 2.45) is 4.99 Å². The van der Waals surface area contributed by atoms with Crippen LogP contribution in [0.25, 0.3) is 0 Å². The summed E-state index contributed by atoms with van der Waals surface area (Å²) in [5, 5.41) is 11.4. The van der Waals surface area contributed by atoms with E-state index in [2.05, 4.69) is 87.1 Å². The highest BCUT2D eigenvalue weighted by molar-refractivity contribution is 5.80. The lowest BCUT2D eigenvalue weighted by molar-refractivity contribution is 0.134. The number of likely N-dealkylation sites (tertiary alicyclic amines) is 1. The van der Waals surface area contributed by atoms with E-state index in [4.69, 9.17) is 0 Å². The summed E-state index contributed by atoms with van der Waals surface area (Å²) in [6.07, 6.45) is 6.04. The summed E-state index contributed by atoms with van der Waals surface area (Å²) in [4.78, 5) is 7.04. The molecule has 2 heterocycles. The third-order valence-electron chi connectivity index (χ3n) is 6.16. The van der Waals surface area contributed by atoms with Crippen LogP contribution in [0.2, 0.25) is 0 Å². The van der Waals surface area contributed by atoms with Gasteiger partial charge in [0, 0.05) is 51.2 Å². The van der Waals surface area contributed by atoms with Crippen LogP contribution < -0.4 is 10.6 Å². The number of benzene rings is 2. The maximum Gasteiger partial charge on any atom is 0.191 e. The Morgan fingerprint density at radius 3 is 2.59 bits per heavy atom. The van der Waals surface area contributed by atoms with E-state index in [1.54, 1.807) is 0 Å². The van der Waals surface area contributed by atoms with Crippen LogP contribution >= 0.6 is 0 Å². The molecule has 6 nitrogen and oxygen atoms in total. The van der Waals surface area contributed by atoms with Crippen molar-refractivity contribution in [3.63, 3.8) is 0 Å². The standard InChI is InChI=1S/C26H34N6/c1-21-16-25(12-15-31(21)19-22-8-4-3-5-9-22)30-26(27-2)28-18-23-10-6-11-24(17-23)20-32-14-7-13-29-32/h3-11,13-14,17,21,25H,12,15-16,18-20H2,1-2H3,(H2,27,28,30). The van der Waals surface area contributed by atoms with Crippen LogP contribution in [-0.2, 0) is 19.6 Å². The number of guanidine groups is 1. The van der Waals surface area contributed by atoms with Gasteiger partial charge in [-0.05, 0) is 42.5 Å². The van der Waals surface area contributed by atoms with Crippen LogP contribution in [-0.4, -0.2) is 46.3 Å². The summed E-state index contributed by atoms with van der Waals surface area (Å²) >= 11 is 0. The molecule has 32 heavy (non-hydrogen) atoms. The second-order valence-corrected chi connectivity index (χ2v) is 8.62. The first-order valence-corrected chi connectivity index (χ1v) is 11.5. The Morgan fingerprint density at radius 1 is 1.03 bits per heavy atom. The van der Waals surface area contributed by atoms with Gasteiger partial charge in [-0.15, -0.1) is 0 Å². The van der Waals surface area contributed by atoms with Gasteiger partial charge in [0.25, 0.3) is 0 Å². The number of piperidine rings is 1. The topological polar surface area (TPSA) is 57.5 Å². The van der Waals surface area contributed by atoms with Gasteiger partial charge in [-0.25, -0.2) is 0 Å². The fraction of sp³-hybridized carbons (Fsp3) is 0.385. The van der Waals surface area contributed by atoms with Crippen LogP contribution in [0.3, 0.4) is 0 Å². The number of hydrogen-bond acceptors (Lipinski definition) is 3. The van der Waals surface area contributed by atoms with E-state index in [0.717, 1.165) is 45.0 Å². The number of nitrogens with one attached hydrogen (secondary N) is 2. The van der Waals surface area contributed by atoms with E-state index in [0.29, 0.717) is 12.1 Å². The first-order valence-electron chi connectivity index (χ1n) is 11.5. The molecule has 1 aliphatic rings. The largest absolute Gasteiger partial charge is 0.354 e. The molecule has 1 fully saturated rings. The molecule has 6 heteroatoms. The second kappa shape index (κ2) is 11.0. The first-order chi connectivity index (χ1) is 15.7. The van der Waals surface area contributed by atoms with E-state index >= 15 is 0 Å². The molecule has 2 N–H and O–H groups in total. The van der Waals surface area contributed by atoms with E-state index in [9.17, 15) is 0 Å². The molecule has 0 radical (unpaired) electrons. The molecule has 2 atom stereocenters. The maximum atomic E-state index is 4.46. The Labute approximate surface area is 191 Å². The SMILES string of the molecule is CN=C(NCc1cccc(Cn2cccn2)c1)NC1CCN(Cc2ccccc2)C(C)C1. The van der Waals surface area contributed by atoms with E-state index in [1.807, 2.05) is 30.2 Å². The Bertz CT molecular complexity index is 983. The minimum atomic E-state index is 0.439. The molecule has 1 saturated heterocycles. The molecule has 0 amide bonds. The summed E-state index contributed by atoms with van der Waals surface area (Å²) in [5.41, 5.74) is 3.87. The Kier molecular flexibility index (Phi) is 7.56. The third-order valence-corrected chi connectivity index (χ3v) is 6.16. The van der Waals surface area contributed by atoms with Crippen molar-refractivity contribution in [2.75, 3.05) is 13.6 Å². The van der Waals surface area contributed by atoms with Crippen molar-refractivity contribution in [1.82, 2.24) is 25.3 Å². The van der Waals surface area contributed by atoms with Gasteiger partial charge in [0.15, 0.2) is 5.96 Å². The normalized spacial score (nSPS) is 19.6. The maximum absolute atomic E-state index is 4.46. The molecular weight excluding hydrogens is 396 g/mol. The molecule has 2 aromatic carbocycles. The van der Waals surface area contributed by atoms with Crippen LogP contribution in [0.5, 0.6) is 0 Å². The van der Waals surface area contributed by atoms with Crippen molar-refractivity contribution < 1.29 is 0 Å².